The lowest BCUT2D eigenvalue weighted by atomic mass is 9.84. The molecule has 0 aliphatic carbocycles. The lowest BCUT2D eigenvalue weighted by Crippen LogP contribution is -2.65. The molecule has 8 heteroatoms. The summed E-state index contributed by atoms with van der Waals surface area (Å²) in [5.74, 6) is 0. The van der Waals surface area contributed by atoms with E-state index in [-0.39, 0.29) is 23.3 Å². The summed E-state index contributed by atoms with van der Waals surface area (Å²) in [7, 11) is 0. The molecule has 2 aromatic carbocycles. The molecular weight excluding hydrogens is 476 g/mol. The summed E-state index contributed by atoms with van der Waals surface area (Å²) in [5, 5.41) is 10.5. The number of aromatic nitrogens is 1. The zero-order valence-corrected chi connectivity index (χ0v) is 22.1. The van der Waals surface area contributed by atoms with Crippen molar-refractivity contribution in [1.82, 2.24) is 9.88 Å². The predicted octanol–water partition coefficient (Wildman–Crippen LogP) is 2.98. The minimum atomic E-state index is -0.194. The third-order valence-electron chi connectivity index (χ3n) is 8.51. The maximum absolute atomic E-state index is 9.53. The van der Waals surface area contributed by atoms with Gasteiger partial charge in [-0.1, -0.05) is 6.07 Å². The number of hydrogen-bond donors (Lipinski definition) is 1. The second-order valence-electron chi connectivity index (χ2n) is 11.9. The van der Waals surface area contributed by atoms with Gasteiger partial charge in [-0.25, -0.2) is 0 Å². The lowest BCUT2D eigenvalue weighted by Gasteiger charge is -2.50. The maximum atomic E-state index is 9.53. The molecule has 0 amide bonds. The van der Waals surface area contributed by atoms with Crippen LogP contribution in [0.2, 0.25) is 0 Å². The molecule has 8 nitrogen and oxygen atoms in total. The Bertz CT molecular complexity index is 1430. The van der Waals surface area contributed by atoms with Crippen molar-refractivity contribution < 1.29 is 9.47 Å². The normalized spacial score (nSPS) is 25.6. The van der Waals surface area contributed by atoms with Crippen molar-refractivity contribution in [2.75, 3.05) is 55.6 Å². The van der Waals surface area contributed by atoms with Crippen LogP contribution in [0.1, 0.15) is 30.5 Å². The molecule has 1 spiro atoms. The number of benzene rings is 2. The average molecular weight is 511 g/mol. The van der Waals surface area contributed by atoms with Gasteiger partial charge < -0.3 is 25.0 Å². The van der Waals surface area contributed by atoms with E-state index in [1.807, 2.05) is 12.1 Å². The van der Waals surface area contributed by atoms with Gasteiger partial charge in [0, 0.05) is 74.3 Å². The van der Waals surface area contributed by atoms with Gasteiger partial charge in [-0.3, -0.25) is 9.88 Å². The smallest absolute Gasteiger partial charge is 0.119 e. The molecule has 3 aromatic rings. The molecule has 38 heavy (non-hydrogen) atoms. The Kier molecular flexibility index (Phi) is 5.43. The molecule has 4 aliphatic rings. The van der Waals surface area contributed by atoms with E-state index in [1.54, 1.807) is 6.20 Å². The Morgan fingerprint density at radius 3 is 2.74 bits per heavy atom. The van der Waals surface area contributed by atoms with Crippen molar-refractivity contribution in [2.24, 2.45) is 5.73 Å². The number of likely N-dealkylation sites (tertiary alicyclic amines) is 1. The van der Waals surface area contributed by atoms with Gasteiger partial charge in [-0.15, -0.1) is 0 Å². The molecule has 2 N–H and O–H groups in total. The monoisotopic (exact) mass is 510 g/mol. The van der Waals surface area contributed by atoms with Crippen LogP contribution in [0, 0.1) is 11.3 Å². The second-order valence-corrected chi connectivity index (χ2v) is 11.9. The summed E-state index contributed by atoms with van der Waals surface area (Å²) in [6, 6.07) is 17.0. The van der Waals surface area contributed by atoms with E-state index in [9.17, 15) is 5.26 Å². The Morgan fingerprint density at radius 1 is 1.11 bits per heavy atom. The summed E-state index contributed by atoms with van der Waals surface area (Å²) in [5.41, 5.74) is 12.3. The van der Waals surface area contributed by atoms with Crippen LogP contribution < -0.4 is 15.5 Å². The summed E-state index contributed by atoms with van der Waals surface area (Å²) in [6.45, 7) is 11.0. The van der Waals surface area contributed by atoms with Crippen LogP contribution in [-0.2, 0) is 21.7 Å². The largest absolute Gasteiger partial charge is 0.370 e. The number of morpholine rings is 1. The Labute approximate surface area is 223 Å². The number of pyridine rings is 1. The number of nitriles is 1. The highest BCUT2D eigenvalue weighted by molar-refractivity contribution is 5.95. The molecule has 2 atom stereocenters. The molecule has 0 radical (unpaired) electrons. The molecule has 3 saturated heterocycles. The van der Waals surface area contributed by atoms with Crippen LogP contribution >= 0.6 is 0 Å². The number of rotatable bonds is 4. The lowest BCUT2D eigenvalue weighted by molar-refractivity contribution is -0.155. The van der Waals surface area contributed by atoms with Crippen molar-refractivity contribution >= 4 is 22.3 Å². The molecule has 0 saturated carbocycles. The number of anilines is 2. The topological polar surface area (TPSA) is 90.9 Å². The zero-order valence-electron chi connectivity index (χ0n) is 22.1. The first-order valence-electron chi connectivity index (χ1n) is 13.5. The first-order valence-corrected chi connectivity index (χ1v) is 13.5. The van der Waals surface area contributed by atoms with Gasteiger partial charge in [0.05, 0.1) is 29.9 Å². The number of ether oxygens (including phenoxy) is 2. The minimum Gasteiger partial charge on any atom is -0.370 e. The van der Waals surface area contributed by atoms with Crippen LogP contribution in [0.25, 0.3) is 10.9 Å². The SMILES string of the molecule is C[C@@H]1CN(c2ccc(C#N)c3ncccc23)C[C@H](CN2CC3(C2)OCc2cc(N4CC(C)(N)C4)ccc23)O1. The minimum absolute atomic E-state index is 0.0798. The van der Waals surface area contributed by atoms with E-state index in [1.165, 1.54) is 16.8 Å². The molecular formula is C30H34N6O2. The van der Waals surface area contributed by atoms with E-state index in [4.69, 9.17) is 15.2 Å². The van der Waals surface area contributed by atoms with Gasteiger partial charge >= 0.3 is 0 Å². The van der Waals surface area contributed by atoms with Crippen molar-refractivity contribution in [3.05, 3.63) is 65.4 Å². The fourth-order valence-electron chi connectivity index (χ4n) is 6.86. The zero-order chi connectivity index (χ0) is 26.1. The molecule has 196 valence electrons. The van der Waals surface area contributed by atoms with Gasteiger partial charge in [0.15, 0.2) is 0 Å². The van der Waals surface area contributed by atoms with E-state index >= 15 is 0 Å². The second kappa shape index (κ2) is 8.65. The van der Waals surface area contributed by atoms with Crippen molar-refractivity contribution in [3.8, 4) is 6.07 Å². The summed E-state index contributed by atoms with van der Waals surface area (Å²) < 4.78 is 12.8. The van der Waals surface area contributed by atoms with Gasteiger partial charge in [0.1, 0.15) is 11.7 Å². The summed E-state index contributed by atoms with van der Waals surface area (Å²) >= 11 is 0. The highest BCUT2D eigenvalue weighted by Crippen LogP contribution is 2.45. The van der Waals surface area contributed by atoms with Crippen LogP contribution in [0.15, 0.2) is 48.7 Å². The molecule has 0 bridgehead atoms. The quantitative estimate of drug-likeness (QED) is 0.573. The Hall–Kier alpha value is -3.22. The van der Waals surface area contributed by atoms with Crippen LogP contribution in [0.4, 0.5) is 11.4 Å². The molecule has 0 unspecified atom stereocenters. The fourth-order valence-corrected chi connectivity index (χ4v) is 6.86. The molecule has 4 aliphatic heterocycles. The van der Waals surface area contributed by atoms with Crippen LogP contribution in [0.3, 0.4) is 0 Å². The Balaban J connectivity index is 1.03. The van der Waals surface area contributed by atoms with E-state index in [2.05, 4.69) is 69.9 Å². The van der Waals surface area contributed by atoms with Crippen molar-refractivity contribution in [2.45, 2.75) is 43.8 Å². The van der Waals surface area contributed by atoms with E-state index in [0.717, 1.165) is 62.4 Å². The fraction of sp³-hybridized carbons (Fsp3) is 0.467. The highest BCUT2D eigenvalue weighted by Gasteiger charge is 2.50. The predicted molar refractivity (Wildman–Crippen MR) is 147 cm³/mol. The van der Waals surface area contributed by atoms with Gasteiger partial charge in [0.2, 0.25) is 0 Å². The first kappa shape index (κ1) is 23.9. The average Bonchev–Trinajstić information content (AvgIpc) is 3.25. The molecule has 7 rings (SSSR count). The number of hydrogen-bond acceptors (Lipinski definition) is 8. The maximum Gasteiger partial charge on any atom is 0.119 e. The van der Waals surface area contributed by atoms with Crippen LogP contribution in [-0.4, -0.2) is 73.4 Å². The molecule has 1 aromatic heterocycles. The van der Waals surface area contributed by atoms with E-state index < -0.39 is 0 Å². The Morgan fingerprint density at radius 2 is 1.95 bits per heavy atom. The van der Waals surface area contributed by atoms with E-state index in [0.29, 0.717) is 12.2 Å². The molecule has 5 heterocycles. The van der Waals surface area contributed by atoms with Gasteiger partial charge in [-0.05, 0) is 61.4 Å². The molecule has 3 fully saturated rings. The summed E-state index contributed by atoms with van der Waals surface area (Å²) in [6.07, 6.45) is 1.96. The number of nitrogens with zero attached hydrogens (tertiary/aromatic N) is 5. The number of fused-ring (bicyclic) bond motifs is 3. The highest BCUT2D eigenvalue weighted by atomic mass is 16.5. The van der Waals surface area contributed by atoms with Crippen molar-refractivity contribution in [3.63, 3.8) is 0 Å². The van der Waals surface area contributed by atoms with Gasteiger partial charge in [-0.2, -0.15) is 5.26 Å². The van der Waals surface area contributed by atoms with Crippen LogP contribution in [0.5, 0.6) is 0 Å². The van der Waals surface area contributed by atoms with Crippen molar-refractivity contribution in [1.29, 1.82) is 5.26 Å². The number of nitrogens with two attached hydrogens (primary N) is 1. The third-order valence-corrected chi connectivity index (χ3v) is 8.51. The first-order chi connectivity index (χ1) is 18.3. The standard InChI is InChI=1S/C30H34N6O2/c1-20-12-35(27-8-5-21(11-31)28-25(27)4-3-9-33-28)14-24(38-20)13-34-18-30(19-34)26-7-6-23(10-22(26)15-37-30)36-16-29(2,32)17-36/h3-10,20,24H,12-19,32H2,1-2H3/t20-,24+/m1/s1. The summed E-state index contributed by atoms with van der Waals surface area (Å²) in [4.78, 5) is 11.7. The third kappa shape index (κ3) is 3.93. The van der Waals surface area contributed by atoms with Gasteiger partial charge in [0.25, 0.3) is 0 Å².